The molecular formula is C19H17NO2S2. The molecule has 2 N–H and O–H groups in total. The second kappa shape index (κ2) is 7.11. The largest absolute Gasteiger partial charge is 0.369 e. The predicted octanol–water partition coefficient (Wildman–Crippen LogP) is 3.95. The normalized spacial score (nSPS) is 12.2. The van der Waals surface area contributed by atoms with E-state index in [2.05, 4.69) is 24.1 Å². The first-order valence-electron chi connectivity index (χ1n) is 7.43. The first kappa shape index (κ1) is 16.6. The smallest absolute Gasteiger partial charge is 0.230 e. The fourth-order valence-corrected chi connectivity index (χ4v) is 4.66. The van der Waals surface area contributed by atoms with Crippen LogP contribution in [-0.2, 0) is 21.3 Å². The molecule has 0 spiro atoms. The Balaban J connectivity index is 2.08. The highest BCUT2D eigenvalue weighted by Crippen LogP contribution is 2.36. The lowest BCUT2D eigenvalue weighted by Gasteiger charge is -2.10. The zero-order valence-corrected chi connectivity index (χ0v) is 14.7. The van der Waals surface area contributed by atoms with Gasteiger partial charge in [-0.3, -0.25) is 9.00 Å². The molecule has 0 bridgehead atoms. The Hall–Kier alpha value is -2.24. The van der Waals surface area contributed by atoms with Gasteiger partial charge in [-0.05, 0) is 28.1 Å². The quantitative estimate of drug-likeness (QED) is 0.728. The maximum absolute atomic E-state index is 12.2. The van der Waals surface area contributed by atoms with Gasteiger partial charge in [0, 0.05) is 32.2 Å². The van der Waals surface area contributed by atoms with E-state index in [0.29, 0.717) is 5.75 Å². The van der Waals surface area contributed by atoms with Crippen molar-refractivity contribution < 1.29 is 9.00 Å². The molecule has 0 radical (unpaired) electrons. The second-order valence-electron chi connectivity index (χ2n) is 5.46. The average molecular weight is 355 g/mol. The number of benzene rings is 2. The zero-order valence-electron chi connectivity index (χ0n) is 13.0. The van der Waals surface area contributed by atoms with Gasteiger partial charge >= 0.3 is 0 Å². The van der Waals surface area contributed by atoms with Crippen LogP contribution in [-0.4, -0.2) is 15.9 Å². The van der Waals surface area contributed by atoms with Crippen LogP contribution in [0.25, 0.3) is 27.3 Å². The molecule has 3 rings (SSSR count). The van der Waals surface area contributed by atoms with Gasteiger partial charge in [0.05, 0.1) is 0 Å². The summed E-state index contributed by atoms with van der Waals surface area (Å²) in [7, 11) is -1.32. The molecule has 1 atom stereocenters. The summed E-state index contributed by atoms with van der Waals surface area (Å²) in [4.78, 5) is 11.0. The Bertz CT molecular complexity index is 943. The van der Waals surface area contributed by atoms with Gasteiger partial charge in [-0.1, -0.05) is 49.1 Å². The summed E-state index contributed by atoms with van der Waals surface area (Å²) in [6.45, 7) is 3.79. The van der Waals surface area contributed by atoms with E-state index in [-0.39, 0.29) is 5.75 Å². The van der Waals surface area contributed by atoms with Crippen LogP contribution in [0.2, 0.25) is 0 Å². The molecule has 5 heteroatoms. The van der Waals surface area contributed by atoms with Crippen LogP contribution in [0.15, 0.2) is 54.4 Å². The summed E-state index contributed by atoms with van der Waals surface area (Å²) < 4.78 is 13.4. The van der Waals surface area contributed by atoms with E-state index < -0.39 is 16.7 Å². The Morgan fingerprint density at radius 1 is 1.21 bits per heavy atom. The van der Waals surface area contributed by atoms with Crippen LogP contribution in [0.1, 0.15) is 11.1 Å². The number of hydrogen-bond donors (Lipinski definition) is 1. The summed E-state index contributed by atoms with van der Waals surface area (Å²) in [6, 6.07) is 14.2. The molecule has 3 aromatic rings. The summed E-state index contributed by atoms with van der Waals surface area (Å²) in [5.74, 6) is -0.373. The minimum atomic E-state index is -1.32. The van der Waals surface area contributed by atoms with E-state index in [1.165, 1.54) is 10.1 Å². The summed E-state index contributed by atoms with van der Waals surface area (Å²) in [5.41, 5.74) is 9.23. The maximum Gasteiger partial charge on any atom is 0.230 e. The molecule has 1 aromatic heterocycles. The maximum atomic E-state index is 12.2. The van der Waals surface area contributed by atoms with Gasteiger partial charge in [0.1, 0.15) is 5.75 Å². The highest BCUT2D eigenvalue weighted by atomic mass is 32.2. The van der Waals surface area contributed by atoms with Gasteiger partial charge in [-0.2, -0.15) is 0 Å². The second-order valence-corrected chi connectivity index (χ2v) is 7.83. The molecular weight excluding hydrogens is 338 g/mol. The standard InChI is InChI=1S/C19H17NO2S2/c1-2-13-7-8-15(14(9-13)11-24(22)12-19(20)21)17-10-23-18-6-4-3-5-16(17)18/h2-10H,1,11-12H2,(H2,20,21). The number of primary amides is 1. The van der Waals surface area contributed by atoms with Crippen molar-refractivity contribution in [2.45, 2.75) is 5.75 Å². The van der Waals surface area contributed by atoms with Crippen molar-refractivity contribution in [3.8, 4) is 11.1 Å². The highest BCUT2D eigenvalue weighted by Gasteiger charge is 2.14. The first-order valence-corrected chi connectivity index (χ1v) is 9.80. The predicted molar refractivity (Wildman–Crippen MR) is 103 cm³/mol. The van der Waals surface area contributed by atoms with Gasteiger partial charge in [0.2, 0.25) is 5.91 Å². The number of amides is 1. The SMILES string of the molecule is C=Cc1ccc(-c2csc3ccccc23)c(CS(=O)CC(N)=O)c1. The number of nitrogens with two attached hydrogens (primary N) is 1. The van der Waals surface area contributed by atoms with Crippen molar-refractivity contribution >= 4 is 44.2 Å². The molecule has 24 heavy (non-hydrogen) atoms. The van der Waals surface area contributed by atoms with E-state index in [1.807, 2.05) is 30.3 Å². The Kier molecular flexibility index (Phi) is 4.92. The van der Waals surface area contributed by atoms with Crippen molar-refractivity contribution in [3.63, 3.8) is 0 Å². The summed E-state index contributed by atoms with van der Waals surface area (Å²) in [6.07, 6.45) is 1.76. The molecule has 0 fully saturated rings. The lowest BCUT2D eigenvalue weighted by atomic mass is 9.98. The molecule has 0 aliphatic heterocycles. The third-order valence-corrected chi connectivity index (χ3v) is 5.96. The average Bonchev–Trinajstić information content (AvgIpc) is 2.98. The van der Waals surface area contributed by atoms with Gasteiger partial charge in [0.25, 0.3) is 0 Å². The molecule has 0 aliphatic carbocycles. The lowest BCUT2D eigenvalue weighted by molar-refractivity contribution is -0.115. The molecule has 0 aliphatic rings. The molecule has 3 nitrogen and oxygen atoms in total. The molecule has 0 saturated carbocycles. The summed E-state index contributed by atoms with van der Waals surface area (Å²) >= 11 is 1.69. The molecule has 1 unspecified atom stereocenters. The molecule has 1 amide bonds. The van der Waals surface area contributed by atoms with Crippen LogP contribution in [0.3, 0.4) is 0 Å². The van der Waals surface area contributed by atoms with Crippen LogP contribution in [0.5, 0.6) is 0 Å². The minimum absolute atomic E-state index is 0.123. The Morgan fingerprint density at radius 2 is 2.00 bits per heavy atom. The number of carbonyl (C=O) groups excluding carboxylic acids is 1. The van der Waals surface area contributed by atoms with Gasteiger partial charge < -0.3 is 5.73 Å². The van der Waals surface area contributed by atoms with Crippen molar-refractivity contribution in [2.24, 2.45) is 5.73 Å². The van der Waals surface area contributed by atoms with E-state index in [1.54, 1.807) is 17.4 Å². The molecule has 0 saturated heterocycles. The number of carbonyl (C=O) groups is 1. The Morgan fingerprint density at radius 3 is 2.75 bits per heavy atom. The van der Waals surface area contributed by atoms with Crippen LogP contribution in [0, 0.1) is 0 Å². The molecule has 1 heterocycles. The van der Waals surface area contributed by atoms with Crippen molar-refractivity contribution in [1.29, 1.82) is 0 Å². The monoisotopic (exact) mass is 355 g/mol. The number of thiophene rings is 1. The summed E-state index contributed by atoms with van der Waals surface area (Å²) in [5, 5.41) is 3.30. The van der Waals surface area contributed by atoms with Crippen LogP contribution in [0.4, 0.5) is 0 Å². The number of hydrogen-bond acceptors (Lipinski definition) is 3. The van der Waals surface area contributed by atoms with Crippen LogP contribution >= 0.6 is 11.3 Å². The van der Waals surface area contributed by atoms with Crippen LogP contribution < -0.4 is 5.73 Å². The van der Waals surface area contributed by atoms with E-state index in [0.717, 1.165) is 22.3 Å². The first-order chi connectivity index (χ1) is 11.6. The lowest BCUT2D eigenvalue weighted by Crippen LogP contribution is -2.20. The van der Waals surface area contributed by atoms with E-state index in [9.17, 15) is 9.00 Å². The van der Waals surface area contributed by atoms with Crippen molar-refractivity contribution in [3.05, 3.63) is 65.6 Å². The van der Waals surface area contributed by atoms with Gasteiger partial charge in [-0.15, -0.1) is 11.3 Å². The molecule has 122 valence electrons. The third-order valence-electron chi connectivity index (χ3n) is 3.76. The highest BCUT2D eigenvalue weighted by molar-refractivity contribution is 7.84. The fraction of sp³-hybridized carbons (Fsp3) is 0.105. The topological polar surface area (TPSA) is 60.2 Å². The van der Waals surface area contributed by atoms with Gasteiger partial charge in [0.15, 0.2) is 0 Å². The Labute approximate surface area is 147 Å². The molecule has 2 aromatic carbocycles. The van der Waals surface area contributed by atoms with E-state index in [4.69, 9.17) is 5.73 Å². The number of fused-ring (bicyclic) bond motifs is 1. The zero-order chi connectivity index (χ0) is 17.1. The van der Waals surface area contributed by atoms with Crippen molar-refractivity contribution in [2.75, 3.05) is 5.75 Å². The van der Waals surface area contributed by atoms with E-state index >= 15 is 0 Å². The third kappa shape index (κ3) is 3.47. The fourth-order valence-electron chi connectivity index (χ4n) is 2.69. The minimum Gasteiger partial charge on any atom is -0.369 e. The van der Waals surface area contributed by atoms with Crippen molar-refractivity contribution in [1.82, 2.24) is 0 Å². The van der Waals surface area contributed by atoms with Gasteiger partial charge in [-0.25, -0.2) is 0 Å². The number of rotatable bonds is 6.